The second kappa shape index (κ2) is 5.19. The van der Waals surface area contributed by atoms with Gasteiger partial charge in [0.05, 0.1) is 12.9 Å². The van der Waals surface area contributed by atoms with Gasteiger partial charge < -0.3 is 31.5 Å². The van der Waals surface area contributed by atoms with E-state index in [2.05, 4.69) is 25.0 Å². The SMILES string of the molecule is [N-]=[N+]=N[C@]1(CO)O[C@@H](n2cnc3c(N)nc(N)nc32)[C@H](O)[C@@H]1O. The Balaban J connectivity index is 2.11. The van der Waals surface area contributed by atoms with Crippen LogP contribution in [0.5, 0.6) is 0 Å². The number of imidazole rings is 1. The van der Waals surface area contributed by atoms with Crippen molar-refractivity contribution in [2.75, 3.05) is 18.1 Å². The van der Waals surface area contributed by atoms with Gasteiger partial charge >= 0.3 is 0 Å². The lowest BCUT2D eigenvalue weighted by Crippen LogP contribution is -2.44. The van der Waals surface area contributed by atoms with Crippen LogP contribution in [0.25, 0.3) is 21.6 Å². The topological polar surface area (TPSA) is 214 Å². The van der Waals surface area contributed by atoms with E-state index in [1.54, 1.807) is 0 Å². The summed E-state index contributed by atoms with van der Waals surface area (Å²) in [7, 11) is 0. The molecular formula is C10H13N9O4. The molecule has 0 amide bonds. The molecule has 1 saturated heterocycles. The van der Waals surface area contributed by atoms with E-state index in [0.29, 0.717) is 0 Å². The van der Waals surface area contributed by atoms with E-state index in [9.17, 15) is 15.3 Å². The lowest BCUT2D eigenvalue weighted by atomic mass is 10.1. The summed E-state index contributed by atoms with van der Waals surface area (Å²) in [5.74, 6) is -0.0870. The first kappa shape index (κ1) is 15.2. The van der Waals surface area contributed by atoms with Crippen LogP contribution in [0.2, 0.25) is 0 Å². The molecule has 4 atom stereocenters. The average Bonchev–Trinajstić information content (AvgIpc) is 3.03. The zero-order valence-electron chi connectivity index (χ0n) is 11.6. The summed E-state index contributed by atoms with van der Waals surface area (Å²) in [5, 5.41) is 32.9. The molecular weight excluding hydrogens is 310 g/mol. The third-order valence-corrected chi connectivity index (χ3v) is 3.58. The molecule has 0 saturated carbocycles. The molecule has 0 radical (unpaired) electrons. The Labute approximate surface area is 127 Å². The number of azide groups is 1. The van der Waals surface area contributed by atoms with Crippen molar-refractivity contribution in [2.45, 2.75) is 24.2 Å². The first-order valence-corrected chi connectivity index (χ1v) is 6.40. The van der Waals surface area contributed by atoms with Crippen molar-refractivity contribution >= 4 is 22.9 Å². The van der Waals surface area contributed by atoms with Crippen LogP contribution < -0.4 is 11.5 Å². The number of aliphatic hydroxyl groups excluding tert-OH is 3. The lowest BCUT2D eigenvalue weighted by molar-refractivity contribution is -0.123. The van der Waals surface area contributed by atoms with Crippen molar-refractivity contribution in [3.05, 3.63) is 16.8 Å². The highest BCUT2D eigenvalue weighted by Crippen LogP contribution is 2.39. The first-order chi connectivity index (χ1) is 10.9. The van der Waals surface area contributed by atoms with Gasteiger partial charge in [-0.2, -0.15) is 9.97 Å². The van der Waals surface area contributed by atoms with Crippen LogP contribution in [0.15, 0.2) is 11.4 Å². The van der Waals surface area contributed by atoms with Crippen molar-refractivity contribution in [2.24, 2.45) is 5.11 Å². The highest BCUT2D eigenvalue weighted by Gasteiger charge is 2.55. The van der Waals surface area contributed by atoms with E-state index in [1.165, 1.54) is 10.9 Å². The number of hydrogen-bond acceptors (Lipinski definition) is 10. The minimum atomic E-state index is -2.03. The third-order valence-electron chi connectivity index (χ3n) is 3.58. The quantitative estimate of drug-likeness (QED) is 0.245. The molecule has 0 unspecified atom stereocenters. The molecule has 1 aliphatic rings. The molecule has 122 valence electrons. The zero-order valence-corrected chi connectivity index (χ0v) is 11.6. The van der Waals surface area contributed by atoms with Gasteiger partial charge in [0, 0.05) is 4.91 Å². The number of aromatic nitrogens is 4. The van der Waals surface area contributed by atoms with Crippen LogP contribution in [0.1, 0.15) is 6.23 Å². The second-order valence-corrected chi connectivity index (χ2v) is 4.93. The predicted molar refractivity (Wildman–Crippen MR) is 75.2 cm³/mol. The number of ether oxygens (including phenoxy) is 1. The second-order valence-electron chi connectivity index (χ2n) is 4.93. The Morgan fingerprint density at radius 2 is 2.17 bits per heavy atom. The first-order valence-electron chi connectivity index (χ1n) is 6.40. The molecule has 13 nitrogen and oxygen atoms in total. The molecule has 7 N–H and O–H groups in total. The van der Waals surface area contributed by atoms with Gasteiger partial charge in [-0.25, -0.2) is 4.98 Å². The molecule has 0 bridgehead atoms. The van der Waals surface area contributed by atoms with Gasteiger partial charge in [-0.15, -0.1) is 0 Å². The fraction of sp³-hybridized carbons (Fsp3) is 0.500. The third kappa shape index (κ3) is 2.11. The maximum atomic E-state index is 10.2. The van der Waals surface area contributed by atoms with Crippen LogP contribution in [-0.2, 0) is 4.74 Å². The number of anilines is 2. The Bertz CT molecular complexity index is 803. The van der Waals surface area contributed by atoms with Gasteiger partial charge in [-0.3, -0.25) is 4.57 Å². The predicted octanol–water partition coefficient (Wildman–Crippen LogP) is -1.76. The molecule has 1 aliphatic heterocycles. The summed E-state index contributed by atoms with van der Waals surface area (Å²) in [5.41, 5.74) is 18.2. The smallest absolute Gasteiger partial charge is 0.224 e. The summed E-state index contributed by atoms with van der Waals surface area (Å²) in [4.78, 5) is 14.3. The fourth-order valence-corrected chi connectivity index (χ4v) is 2.46. The van der Waals surface area contributed by atoms with Crippen LogP contribution in [0, 0.1) is 0 Å². The Hall–Kier alpha value is -2.70. The summed E-state index contributed by atoms with van der Waals surface area (Å²) >= 11 is 0. The van der Waals surface area contributed by atoms with Gasteiger partial charge in [-0.1, -0.05) is 5.11 Å². The lowest BCUT2D eigenvalue weighted by Gasteiger charge is -2.23. The monoisotopic (exact) mass is 323 g/mol. The van der Waals surface area contributed by atoms with Crippen molar-refractivity contribution in [1.29, 1.82) is 0 Å². The molecule has 3 rings (SSSR count). The van der Waals surface area contributed by atoms with Crippen molar-refractivity contribution in [1.82, 2.24) is 19.5 Å². The maximum Gasteiger partial charge on any atom is 0.224 e. The van der Waals surface area contributed by atoms with Crippen LogP contribution >= 0.6 is 0 Å². The molecule has 23 heavy (non-hydrogen) atoms. The molecule has 2 aromatic rings. The van der Waals surface area contributed by atoms with Gasteiger partial charge in [-0.05, 0) is 5.53 Å². The highest BCUT2D eigenvalue weighted by atomic mass is 16.6. The normalized spacial score (nSPS) is 30.5. The molecule has 2 aromatic heterocycles. The largest absolute Gasteiger partial charge is 0.393 e. The van der Waals surface area contributed by atoms with E-state index in [0.717, 1.165) is 0 Å². The van der Waals surface area contributed by atoms with Crippen molar-refractivity contribution in [3.8, 4) is 0 Å². The molecule has 13 heteroatoms. The summed E-state index contributed by atoms with van der Waals surface area (Å²) < 4.78 is 6.66. The van der Waals surface area contributed by atoms with E-state index >= 15 is 0 Å². The Morgan fingerprint density at radius 1 is 1.43 bits per heavy atom. The van der Waals surface area contributed by atoms with E-state index < -0.39 is 30.8 Å². The summed E-state index contributed by atoms with van der Waals surface area (Å²) in [6.45, 7) is -0.836. The van der Waals surface area contributed by atoms with Crippen LogP contribution in [-0.4, -0.2) is 59.4 Å². The van der Waals surface area contributed by atoms with Gasteiger partial charge in [0.15, 0.2) is 17.7 Å². The molecule has 3 heterocycles. The Morgan fingerprint density at radius 3 is 2.83 bits per heavy atom. The van der Waals surface area contributed by atoms with E-state index in [4.69, 9.17) is 21.7 Å². The number of rotatable bonds is 3. The van der Waals surface area contributed by atoms with Crippen molar-refractivity contribution < 1.29 is 20.1 Å². The number of nitrogens with zero attached hydrogens (tertiary/aromatic N) is 7. The van der Waals surface area contributed by atoms with Crippen LogP contribution in [0.3, 0.4) is 0 Å². The minimum absolute atomic E-state index is 0.0303. The molecule has 0 spiro atoms. The number of hydrogen-bond donors (Lipinski definition) is 5. The van der Waals surface area contributed by atoms with Gasteiger partial charge in [0.1, 0.15) is 17.7 Å². The zero-order chi connectivity index (χ0) is 16.8. The minimum Gasteiger partial charge on any atom is -0.393 e. The Kier molecular flexibility index (Phi) is 3.43. The number of aliphatic hydroxyl groups is 3. The van der Waals surface area contributed by atoms with E-state index in [-0.39, 0.29) is 22.9 Å². The standard InChI is InChI=1S/C10H13N9O4/c11-6-3-7(16-9(12)15-6)19(2-14-3)8-4(21)5(22)10(1-20,23-8)17-18-13/h2,4-5,8,20-22H,1H2,(H4,11,12,15,16)/t4-,5+,8-,10-/m1/s1. The number of fused-ring (bicyclic) bond motifs is 1. The summed E-state index contributed by atoms with van der Waals surface area (Å²) in [6, 6.07) is 0. The molecule has 0 aromatic carbocycles. The molecule has 1 fully saturated rings. The molecule has 0 aliphatic carbocycles. The van der Waals surface area contributed by atoms with E-state index in [1.807, 2.05) is 0 Å². The van der Waals surface area contributed by atoms with Crippen LogP contribution in [0.4, 0.5) is 11.8 Å². The highest BCUT2D eigenvalue weighted by molar-refractivity contribution is 5.82. The number of nitrogens with two attached hydrogens (primary N) is 2. The average molecular weight is 323 g/mol. The van der Waals surface area contributed by atoms with Crippen molar-refractivity contribution in [3.63, 3.8) is 0 Å². The van der Waals surface area contributed by atoms with Gasteiger partial charge in [0.2, 0.25) is 11.7 Å². The summed E-state index contributed by atoms with van der Waals surface area (Å²) in [6.07, 6.45) is -3.18. The fourth-order valence-electron chi connectivity index (χ4n) is 2.46. The number of nitrogen functional groups attached to an aromatic ring is 2. The maximum absolute atomic E-state index is 10.2. The van der Waals surface area contributed by atoms with Gasteiger partial charge in [0.25, 0.3) is 0 Å².